The van der Waals surface area contributed by atoms with Crippen molar-refractivity contribution in [3.63, 3.8) is 0 Å². The lowest BCUT2D eigenvalue weighted by Crippen LogP contribution is -2.52. The highest BCUT2D eigenvalue weighted by Crippen LogP contribution is 2.54. The van der Waals surface area contributed by atoms with Crippen LogP contribution in [0.4, 0.5) is 17.6 Å². The number of aromatic nitrogens is 3. The van der Waals surface area contributed by atoms with Crippen molar-refractivity contribution in [2.24, 2.45) is 17.8 Å². The van der Waals surface area contributed by atoms with Crippen LogP contribution in [0.5, 0.6) is 0 Å². The Morgan fingerprint density at radius 3 is 2.41 bits per heavy atom. The summed E-state index contributed by atoms with van der Waals surface area (Å²) in [5, 5.41) is 13.6. The molecule has 6 rings (SSSR count). The van der Waals surface area contributed by atoms with Crippen molar-refractivity contribution in [3.8, 4) is 0 Å². The van der Waals surface area contributed by atoms with E-state index in [4.69, 9.17) is 0 Å². The van der Waals surface area contributed by atoms with Crippen LogP contribution in [0.1, 0.15) is 81.4 Å². The Balaban J connectivity index is 1.33. The minimum absolute atomic E-state index is 0.00851. The Labute approximate surface area is 235 Å². The van der Waals surface area contributed by atoms with Gasteiger partial charge in [-0.3, -0.25) is 14.0 Å². The number of H-pyrrole nitrogens is 1. The molecule has 0 bridgehead atoms. The number of hydrogen-bond donors (Lipinski definition) is 3. The quantitative estimate of drug-likeness (QED) is 0.267. The fourth-order valence-electron chi connectivity index (χ4n) is 6.25. The summed E-state index contributed by atoms with van der Waals surface area (Å²) >= 11 is 0. The molecule has 2 amide bonds. The van der Waals surface area contributed by atoms with Crippen LogP contribution in [0.15, 0.2) is 24.3 Å². The van der Waals surface area contributed by atoms with E-state index in [-0.39, 0.29) is 55.1 Å². The molecule has 0 radical (unpaired) electrons. The number of piperidine rings is 1. The number of nitrogens with one attached hydrogen (secondary N) is 2. The smallest absolute Gasteiger partial charge is 0.266 e. The van der Waals surface area contributed by atoms with E-state index in [2.05, 4.69) is 26.8 Å². The van der Waals surface area contributed by atoms with Gasteiger partial charge < -0.3 is 20.3 Å². The van der Waals surface area contributed by atoms with E-state index < -0.39 is 54.7 Å². The summed E-state index contributed by atoms with van der Waals surface area (Å²) in [6.45, 7) is 2.69. The maximum absolute atomic E-state index is 14.7. The van der Waals surface area contributed by atoms with Crippen LogP contribution >= 0.6 is 0 Å². The first kappa shape index (κ1) is 28.1. The fourth-order valence-corrected chi connectivity index (χ4v) is 6.25. The van der Waals surface area contributed by atoms with Crippen LogP contribution in [0.2, 0.25) is 0 Å². The third-order valence-corrected chi connectivity index (χ3v) is 9.20. The van der Waals surface area contributed by atoms with Crippen molar-refractivity contribution >= 4 is 23.0 Å². The first-order valence-electron chi connectivity index (χ1n) is 14.4. The number of rotatable bonds is 11. The Bertz CT molecular complexity index is 1340. The molecular formula is C29H35F4N5O3. The van der Waals surface area contributed by atoms with Gasteiger partial charge in [-0.05, 0) is 74.8 Å². The molecule has 222 valence electrons. The van der Waals surface area contributed by atoms with Crippen LogP contribution in [0.3, 0.4) is 0 Å². The molecule has 4 fully saturated rings. The summed E-state index contributed by atoms with van der Waals surface area (Å²) in [5.41, 5.74) is -3.11. The molecular weight excluding hydrogens is 542 g/mol. The molecule has 1 aliphatic heterocycles. The SMILES string of the molecule is C=C(CCF)C(=O)N1CC[C@@](O)(C(F)F)C[C@@H]1c1ccc2[nH]c([C@@H](NC(=O)C3(F)CC3)C(C3CC3)C3CC3)nc2n1. The monoisotopic (exact) mass is 577 g/mol. The number of pyridine rings is 1. The minimum Gasteiger partial charge on any atom is -0.384 e. The van der Waals surface area contributed by atoms with Gasteiger partial charge in [0.15, 0.2) is 11.3 Å². The van der Waals surface area contributed by atoms with E-state index in [9.17, 15) is 32.3 Å². The average molecular weight is 578 g/mol. The molecule has 3 aliphatic carbocycles. The van der Waals surface area contributed by atoms with Gasteiger partial charge in [0, 0.05) is 25.0 Å². The number of aliphatic hydroxyl groups is 1. The fraction of sp³-hybridized carbons (Fsp3) is 0.655. The number of amides is 2. The highest BCUT2D eigenvalue weighted by molar-refractivity contribution is 5.93. The van der Waals surface area contributed by atoms with Gasteiger partial charge in [0.2, 0.25) is 5.91 Å². The zero-order chi connectivity index (χ0) is 29.1. The lowest BCUT2D eigenvalue weighted by atomic mass is 9.84. The second-order valence-corrected chi connectivity index (χ2v) is 12.3. The molecule has 0 aromatic carbocycles. The van der Waals surface area contributed by atoms with Crippen molar-refractivity contribution < 1.29 is 32.3 Å². The molecule has 8 nitrogen and oxygen atoms in total. The lowest BCUT2D eigenvalue weighted by molar-refractivity contribution is -0.155. The van der Waals surface area contributed by atoms with Gasteiger partial charge in [-0.15, -0.1) is 0 Å². The number of fused-ring (bicyclic) bond motifs is 1. The largest absolute Gasteiger partial charge is 0.384 e. The summed E-state index contributed by atoms with van der Waals surface area (Å²) in [4.78, 5) is 39.7. The molecule has 3 saturated carbocycles. The van der Waals surface area contributed by atoms with Gasteiger partial charge in [-0.25, -0.2) is 23.1 Å². The zero-order valence-electron chi connectivity index (χ0n) is 22.7. The molecule has 2 aromatic rings. The Morgan fingerprint density at radius 1 is 1.15 bits per heavy atom. The van der Waals surface area contributed by atoms with Crippen molar-refractivity contribution in [3.05, 3.63) is 35.8 Å². The number of alkyl halides is 4. The summed E-state index contributed by atoms with van der Waals surface area (Å²) in [6, 6.07) is 1.72. The van der Waals surface area contributed by atoms with E-state index in [1.807, 2.05) is 0 Å². The van der Waals surface area contributed by atoms with Gasteiger partial charge in [0.1, 0.15) is 11.4 Å². The molecule has 3 N–H and O–H groups in total. The number of likely N-dealkylation sites (tertiary alicyclic amines) is 1. The molecule has 1 saturated heterocycles. The maximum Gasteiger partial charge on any atom is 0.266 e. The highest BCUT2D eigenvalue weighted by atomic mass is 19.3. The summed E-state index contributed by atoms with van der Waals surface area (Å²) in [5.74, 6) is 0.224. The standard InChI is InChI=1S/C29H35F4N5O3/c1-15(8-12-30)25(39)38-13-11-29(41,26(31)32)14-20(38)18-6-7-19-23(34-18)37-24(35-19)22(36-27(40)28(33)9-10-28)21(16-2-3-16)17-4-5-17/h6-7,16-17,20-22,26,41H,1-5,8-14H2,(H,36,40)(H,34,35,37)/t20-,22+,29+/m1/s1. The normalized spacial score (nSPS) is 26.4. The second-order valence-electron chi connectivity index (χ2n) is 12.3. The van der Waals surface area contributed by atoms with Gasteiger partial charge in [-0.1, -0.05) is 6.58 Å². The number of imidazole rings is 1. The first-order chi connectivity index (χ1) is 19.5. The summed E-state index contributed by atoms with van der Waals surface area (Å²) in [7, 11) is 0. The van der Waals surface area contributed by atoms with Crippen LogP contribution in [0.25, 0.3) is 11.2 Å². The molecule has 3 heterocycles. The van der Waals surface area contributed by atoms with Crippen LogP contribution < -0.4 is 5.32 Å². The maximum atomic E-state index is 14.7. The van der Waals surface area contributed by atoms with Gasteiger partial charge in [0.25, 0.3) is 12.3 Å². The topological polar surface area (TPSA) is 111 Å². The predicted octanol–water partition coefficient (Wildman–Crippen LogP) is 4.63. The molecule has 4 aliphatic rings. The Kier molecular flexibility index (Phi) is 7.10. The van der Waals surface area contributed by atoms with E-state index in [1.54, 1.807) is 12.1 Å². The van der Waals surface area contributed by atoms with Crippen LogP contribution in [0, 0.1) is 17.8 Å². The number of carbonyl (C=O) groups excluding carboxylic acids is 2. The lowest BCUT2D eigenvalue weighted by Gasteiger charge is -2.43. The molecule has 2 aromatic heterocycles. The van der Waals surface area contributed by atoms with Gasteiger partial charge >= 0.3 is 0 Å². The van der Waals surface area contributed by atoms with Crippen molar-refractivity contribution in [1.29, 1.82) is 0 Å². The summed E-state index contributed by atoms with van der Waals surface area (Å²) < 4.78 is 55.3. The Morgan fingerprint density at radius 2 is 1.83 bits per heavy atom. The van der Waals surface area contributed by atoms with Gasteiger partial charge in [-0.2, -0.15) is 0 Å². The summed E-state index contributed by atoms with van der Waals surface area (Å²) in [6.07, 6.45) is 0.560. The molecule has 0 unspecified atom stereocenters. The number of nitrogens with zero attached hydrogens (tertiary/aromatic N) is 3. The van der Waals surface area contributed by atoms with Crippen molar-refractivity contribution in [2.75, 3.05) is 13.2 Å². The van der Waals surface area contributed by atoms with Crippen LogP contribution in [-0.2, 0) is 9.59 Å². The molecule has 0 spiro atoms. The number of aromatic amines is 1. The number of halogens is 4. The molecule has 41 heavy (non-hydrogen) atoms. The first-order valence-corrected chi connectivity index (χ1v) is 14.4. The van der Waals surface area contributed by atoms with Crippen molar-refractivity contribution in [2.45, 2.75) is 87.6 Å². The van der Waals surface area contributed by atoms with E-state index in [0.29, 0.717) is 23.2 Å². The van der Waals surface area contributed by atoms with Crippen molar-refractivity contribution in [1.82, 2.24) is 25.2 Å². The zero-order valence-corrected chi connectivity index (χ0v) is 22.7. The van der Waals surface area contributed by atoms with Gasteiger partial charge in [0.05, 0.1) is 30.0 Å². The van der Waals surface area contributed by atoms with E-state index in [0.717, 1.165) is 25.7 Å². The number of hydrogen-bond acceptors (Lipinski definition) is 5. The molecule has 3 atom stereocenters. The van der Waals surface area contributed by atoms with E-state index >= 15 is 0 Å². The third-order valence-electron chi connectivity index (χ3n) is 9.20. The van der Waals surface area contributed by atoms with Crippen LogP contribution in [-0.4, -0.2) is 67.7 Å². The van der Waals surface area contributed by atoms with E-state index in [1.165, 1.54) is 4.90 Å². The second kappa shape index (κ2) is 10.4. The predicted molar refractivity (Wildman–Crippen MR) is 141 cm³/mol. The Hall–Kier alpha value is -3.02. The third kappa shape index (κ3) is 5.47. The minimum atomic E-state index is -3.03. The average Bonchev–Trinajstić information content (AvgIpc) is 3.83. The molecule has 12 heteroatoms. The number of carbonyl (C=O) groups is 2. The highest BCUT2D eigenvalue weighted by Gasteiger charge is 2.54.